The molecule has 1 atom stereocenters. The van der Waals surface area contributed by atoms with E-state index in [9.17, 15) is 0 Å². The quantitative estimate of drug-likeness (QED) is 0.931. The number of nitrogens with zero attached hydrogens (tertiary/aromatic N) is 1. The van der Waals surface area contributed by atoms with E-state index < -0.39 is 0 Å². The maximum absolute atomic E-state index is 5.81. The molecule has 1 heterocycles. The first-order valence-electron chi connectivity index (χ1n) is 7.64. The molecule has 0 aliphatic carbocycles. The molecule has 1 unspecified atom stereocenters. The molecule has 1 N–H and O–H groups in total. The number of hydrogen-bond acceptors (Lipinski definition) is 3. The smallest absolute Gasteiger partial charge is 0.142 e. The predicted octanol–water partition coefficient (Wildman–Crippen LogP) is 3.24. The van der Waals surface area contributed by atoms with E-state index in [2.05, 4.69) is 58.7 Å². The Morgan fingerprint density at radius 3 is 2.67 bits per heavy atom. The lowest BCUT2D eigenvalue weighted by atomic mass is 10.0. The molecule has 2 aromatic rings. The van der Waals surface area contributed by atoms with Crippen LogP contribution in [0.4, 0.5) is 5.69 Å². The van der Waals surface area contributed by atoms with Gasteiger partial charge in [-0.3, -0.25) is 0 Å². The van der Waals surface area contributed by atoms with Gasteiger partial charge >= 0.3 is 0 Å². The van der Waals surface area contributed by atoms with Crippen LogP contribution in [-0.4, -0.2) is 26.2 Å². The molecule has 1 saturated heterocycles. The van der Waals surface area contributed by atoms with Crippen LogP contribution in [0.3, 0.4) is 0 Å². The van der Waals surface area contributed by atoms with Crippen LogP contribution in [0.25, 0.3) is 0 Å². The second-order valence-corrected chi connectivity index (χ2v) is 5.22. The van der Waals surface area contributed by atoms with Crippen molar-refractivity contribution in [1.29, 1.82) is 0 Å². The molecular formula is C18H22N2O. The summed E-state index contributed by atoms with van der Waals surface area (Å²) < 4.78 is 5.81. The zero-order valence-corrected chi connectivity index (χ0v) is 12.5. The van der Waals surface area contributed by atoms with Crippen molar-refractivity contribution in [2.24, 2.45) is 0 Å². The van der Waals surface area contributed by atoms with E-state index in [1.807, 2.05) is 13.0 Å². The molecule has 0 radical (unpaired) electrons. The van der Waals surface area contributed by atoms with E-state index >= 15 is 0 Å². The highest BCUT2D eigenvalue weighted by atomic mass is 16.5. The van der Waals surface area contributed by atoms with E-state index in [0.717, 1.165) is 25.4 Å². The minimum atomic E-state index is 0.349. The van der Waals surface area contributed by atoms with Crippen LogP contribution in [-0.2, 0) is 0 Å². The van der Waals surface area contributed by atoms with Gasteiger partial charge in [0.25, 0.3) is 0 Å². The SMILES string of the molecule is CCOc1ccccc1N1CCNCC1c1ccccc1. The average Bonchev–Trinajstić information content (AvgIpc) is 2.57. The van der Waals surface area contributed by atoms with Gasteiger partial charge in [0.15, 0.2) is 0 Å². The highest BCUT2D eigenvalue weighted by Crippen LogP contribution is 2.35. The highest BCUT2D eigenvalue weighted by molar-refractivity contribution is 5.60. The van der Waals surface area contributed by atoms with Gasteiger partial charge in [-0.1, -0.05) is 42.5 Å². The van der Waals surface area contributed by atoms with E-state index in [0.29, 0.717) is 12.6 Å². The monoisotopic (exact) mass is 282 g/mol. The number of anilines is 1. The van der Waals surface area contributed by atoms with Gasteiger partial charge in [-0.05, 0) is 24.6 Å². The van der Waals surface area contributed by atoms with Crippen LogP contribution >= 0.6 is 0 Å². The third-order valence-corrected chi connectivity index (χ3v) is 3.90. The van der Waals surface area contributed by atoms with Crippen molar-refractivity contribution in [2.45, 2.75) is 13.0 Å². The first-order valence-corrected chi connectivity index (χ1v) is 7.64. The summed E-state index contributed by atoms with van der Waals surface area (Å²) in [6.45, 7) is 5.68. The van der Waals surface area contributed by atoms with Crippen molar-refractivity contribution in [3.8, 4) is 5.75 Å². The molecular weight excluding hydrogens is 260 g/mol. The number of nitrogens with one attached hydrogen (secondary N) is 1. The Kier molecular flexibility index (Phi) is 4.41. The van der Waals surface area contributed by atoms with E-state index in [1.165, 1.54) is 11.3 Å². The standard InChI is InChI=1S/C18H22N2O/c1-2-21-18-11-7-6-10-16(18)20-13-12-19-14-17(20)15-8-4-3-5-9-15/h3-11,17,19H,2,12-14H2,1H3. The van der Waals surface area contributed by atoms with Crippen molar-refractivity contribution in [1.82, 2.24) is 5.32 Å². The zero-order valence-electron chi connectivity index (χ0n) is 12.5. The molecule has 0 spiro atoms. The van der Waals surface area contributed by atoms with Gasteiger partial charge in [0.05, 0.1) is 18.3 Å². The molecule has 3 nitrogen and oxygen atoms in total. The normalized spacial score (nSPS) is 18.5. The Bertz CT molecular complexity index is 570. The summed E-state index contributed by atoms with van der Waals surface area (Å²) >= 11 is 0. The second-order valence-electron chi connectivity index (χ2n) is 5.22. The van der Waals surface area contributed by atoms with E-state index in [1.54, 1.807) is 0 Å². The number of para-hydroxylation sites is 2. The maximum Gasteiger partial charge on any atom is 0.142 e. The molecule has 1 aliphatic rings. The first-order chi connectivity index (χ1) is 10.4. The third kappa shape index (κ3) is 3.03. The van der Waals surface area contributed by atoms with Crippen molar-refractivity contribution >= 4 is 5.69 Å². The molecule has 3 heteroatoms. The second kappa shape index (κ2) is 6.64. The van der Waals surface area contributed by atoms with Crippen LogP contribution < -0.4 is 15.0 Å². The molecule has 0 saturated carbocycles. The molecule has 0 bridgehead atoms. The summed E-state index contributed by atoms with van der Waals surface area (Å²) in [6, 6.07) is 19.4. The van der Waals surface area contributed by atoms with Gasteiger partial charge in [0.2, 0.25) is 0 Å². The minimum absolute atomic E-state index is 0.349. The van der Waals surface area contributed by atoms with Gasteiger partial charge < -0.3 is 15.0 Å². The Morgan fingerprint density at radius 1 is 1.10 bits per heavy atom. The molecule has 21 heavy (non-hydrogen) atoms. The molecule has 3 rings (SSSR count). The minimum Gasteiger partial charge on any atom is -0.492 e. The fourth-order valence-corrected chi connectivity index (χ4v) is 2.94. The van der Waals surface area contributed by atoms with E-state index in [-0.39, 0.29) is 0 Å². The Labute approximate surface area is 126 Å². The molecule has 1 aliphatic heterocycles. The topological polar surface area (TPSA) is 24.5 Å². The average molecular weight is 282 g/mol. The molecule has 110 valence electrons. The number of rotatable bonds is 4. The lowest BCUT2D eigenvalue weighted by molar-refractivity contribution is 0.338. The number of benzene rings is 2. The van der Waals surface area contributed by atoms with Gasteiger partial charge in [0.1, 0.15) is 5.75 Å². The van der Waals surface area contributed by atoms with Crippen LogP contribution in [0, 0.1) is 0 Å². The highest BCUT2D eigenvalue weighted by Gasteiger charge is 2.25. The van der Waals surface area contributed by atoms with Crippen LogP contribution in [0.15, 0.2) is 54.6 Å². The van der Waals surface area contributed by atoms with Gasteiger partial charge in [-0.25, -0.2) is 0 Å². The maximum atomic E-state index is 5.81. The Morgan fingerprint density at radius 2 is 1.86 bits per heavy atom. The van der Waals surface area contributed by atoms with Crippen molar-refractivity contribution in [2.75, 3.05) is 31.1 Å². The summed E-state index contributed by atoms with van der Waals surface area (Å²) in [4.78, 5) is 2.46. The zero-order chi connectivity index (χ0) is 14.5. The van der Waals surface area contributed by atoms with Gasteiger partial charge in [0, 0.05) is 19.6 Å². The molecule has 2 aromatic carbocycles. The Hall–Kier alpha value is -2.00. The molecule has 0 amide bonds. The number of hydrogen-bond donors (Lipinski definition) is 1. The first kappa shape index (κ1) is 14.0. The van der Waals surface area contributed by atoms with Crippen molar-refractivity contribution in [3.63, 3.8) is 0 Å². The van der Waals surface area contributed by atoms with Crippen molar-refractivity contribution in [3.05, 3.63) is 60.2 Å². The fourth-order valence-electron chi connectivity index (χ4n) is 2.94. The Balaban J connectivity index is 1.95. The number of ether oxygens (including phenoxy) is 1. The van der Waals surface area contributed by atoms with Gasteiger partial charge in [-0.15, -0.1) is 0 Å². The van der Waals surface area contributed by atoms with Gasteiger partial charge in [-0.2, -0.15) is 0 Å². The summed E-state index contributed by atoms with van der Waals surface area (Å²) in [5.41, 5.74) is 2.53. The summed E-state index contributed by atoms with van der Waals surface area (Å²) in [6.07, 6.45) is 0. The summed E-state index contributed by atoms with van der Waals surface area (Å²) in [5.74, 6) is 0.975. The third-order valence-electron chi connectivity index (χ3n) is 3.90. The summed E-state index contributed by atoms with van der Waals surface area (Å²) in [7, 11) is 0. The molecule has 1 fully saturated rings. The van der Waals surface area contributed by atoms with Crippen LogP contribution in [0.5, 0.6) is 5.75 Å². The lowest BCUT2D eigenvalue weighted by Gasteiger charge is -2.39. The molecule has 0 aromatic heterocycles. The lowest BCUT2D eigenvalue weighted by Crippen LogP contribution is -2.46. The predicted molar refractivity (Wildman–Crippen MR) is 87.0 cm³/mol. The largest absolute Gasteiger partial charge is 0.492 e. The van der Waals surface area contributed by atoms with E-state index in [4.69, 9.17) is 4.74 Å². The fraction of sp³-hybridized carbons (Fsp3) is 0.333. The summed E-state index contributed by atoms with van der Waals surface area (Å²) in [5, 5.41) is 3.50. The van der Waals surface area contributed by atoms with Crippen LogP contribution in [0.1, 0.15) is 18.5 Å². The van der Waals surface area contributed by atoms with Crippen LogP contribution in [0.2, 0.25) is 0 Å². The van der Waals surface area contributed by atoms with Crippen molar-refractivity contribution < 1.29 is 4.74 Å². The number of piperazine rings is 1.